The molecule has 1 aliphatic carbocycles. The van der Waals surface area contributed by atoms with E-state index in [4.69, 9.17) is 18.0 Å². The highest BCUT2D eigenvalue weighted by atomic mass is 32.1. The Hall–Kier alpha value is -0.640. The molecule has 0 atom stereocenters. The first-order valence-electron chi connectivity index (χ1n) is 7.21. The fraction of sp³-hybridized carbons (Fsp3) is 0.857. The van der Waals surface area contributed by atoms with Crippen LogP contribution in [0.1, 0.15) is 71.1 Å². The van der Waals surface area contributed by atoms with Gasteiger partial charge in [0.1, 0.15) is 0 Å². The van der Waals surface area contributed by atoms with E-state index in [2.05, 4.69) is 12.2 Å². The first kappa shape index (κ1) is 15.4. The van der Waals surface area contributed by atoms with E-state index in [1.807, 2.05) is 0 Å². The molecule has 0 unspecified atom stereocenters. The van der Waals surface area contributed by atoms with Crippen molar-refractivity contribution in [2.75, 3.05) is 0 Å². The maximum absolute atomic E-state index is 12.0. The van der Waals surface area contributed by atoms with Gasteiger partial charge in [0.2, 0.25) is 5.91 Å². The van der Waals surface area contributed by atoms with E-state index in [9.17, 15) is 4.79 Å². The van der Waals surface area contributed by atoms with Gasteiger partial charge < -0.3 is 11.1 Å². The first-order valence-corrected chi connectivity index (χ1v) is 7.62. The highest BCUT2D eigenvalue weighted by molar-refractivity contribution is 7.80. The molecule has 0 spiro atoms. The van der Waals surface area contributed by atoms with Crippen molar-refractivity contribution in [3.63, 3.8) is 0 Å². The largest absolute Gasteiger partial charge is 0.391 e. The average molecular weight is 270 g/mol. The minimum Gasteiger partial charge on any atom is -0.391 e. The third-order valence-electron chi connectivity index (χ3n) is 3.81. The second kappa shape index (κ2) is 7.72. The minimum absolute atomic E-state index is 0.102. The lowest BCUT2D eigenvalue weighted by molar-refractivity contribution is -0.122. The number of nitrogens with two attached hydrogens (primary N) is 1. The predicted octanol–water partition coefficient (Wildman–Crippen LogP) is 3.06. The van der Waals surface area contributed by atoms with Crippen LogP contribution in [0.4, 0.5) is 0 Å². The van der Waals surface area contributed by atoms with Gasteiger partial charge in [-0.25, -0.2) is 0 Å². The van der Waals surface area contributed by atoms with Crippen molar-refractivity contribution < 1.29 is 4.79 Å². The number of carbonyl (C=O) groups is 1. The van der Waals surface area contributed by atoms with E-state index < -0.39 is 5.54 Å². The molecule has 4 heteroatoms. The molecule has 0 aromatic carbocycles. The zero-order valence-electron chi connectivity index (χ0n) is 11.5. The topological polar surface area (TPSA) is 55.1 Å². The first-order chi connectivity index (χ1) is 8.60. The third kappa shape index (κ3) is 4.56. The van der Waals surface area contributed by atoms with Gasteiger partial charge in [0.05, 0.1) is 10.5 Å². The Morgan fingerprint density at radius 3 is 2.28 bits per heavy atom. The van der Waals surface area contributed by atoms with Crippen LogP contribution in [-0.2, 0) is 4.79 Å². The van der Waals surface area contributed by atoms with Crippen LogP contribution >= 0.6 is 12.2 Å². The smallest absolute Gasteiger partial charge is 0.220 e. The summed E-state index contributed by atoms with van der Waals surface area (Å²) in [6.07, 6.45) is 10.3. The van der Waals surface area contributed by atoms with Gasteiger partial charge in [0.25, 0.3) is 0 Å². The summed E-state index contributed by atoms with van der Waals surface area (Å²) in [4.78, 5) is 12.4. The number of carbonyl (C=O) groups excluding carboxylic acids is 1. The Balaban J connectivity index is 2.65. The molecule has 0 saturated heterocycles. The maximum Gasteiger partial charge on any atom is 0.220 e. The second-order valence-corrected chi connectivity index (χ2v) is 5.81. The molecule has 1 aliphatic rings. The van der Waals surface area contributed by atoms with Crippen molar-refractivity contribution in [2.24, 2.45) is 5.73 Å². The van der Waals surface area contributed by atoms with Gasteiger partial charge in [-0.3, -0.25) is 4.79 Å². The lowest BCUT2D eigenvalue weighted by Crippen LogP contribution is -2.56. The lowest BCUT2D eigenvalue weighted by atomic mass is 9.83. The van der Waals surface area contributed by atoms with Gasteiger partial charge in [0.15, 0.2) is 0 Å². The van der Waals surface area contributed by atoms with Crippen molar-refractivity contribution in [3.05, 3.63) is 0 Å². The zero-order valence-corrected chi connectivity index (χ0v) is 12.3. The number of amides is 1. The van der Waals surface area contributed by atoms with Gasteiger partial charge in [-0.1, -0.05) is 57.7 Å². The Kier molecular flexibility index (Phi) is 6.61. The molecule has 1 amide bonds. The quantitative estimate of drug-likeness (QED) is 0.755. The molecule has 0 heterocycles. The maximum atomic E-state index is 12.0. The average Bonchev–Trinajstić information content (AvgIpc) is 2.29. The van der Waals surface area contributed by atoms with Crippen LogP contribution in [0.3, 0.4) is 0 Å². The van der Waals surface area contributed by atoms with Crippen molar-refractivity contribution in [1.82, 2.24) is 5.32 Å². The number of hydrogen-bond donors (Lipinski definition) is 2. The molecular weight excluding hydrogens is 244 g/mol. The molecular formula is C14H26N2OS. The van der Waals surface area contributed by atoms with Gasteiger partial charge in [0, 0.05) is 6.42 Å². The molecule has 18 heavy (non-hydrogen) atoms. The van der Waals surface area contributed by atoms with Crippen molar-refractivity contribution >= 4 is 23.1 Å². The fourth-order valence-corrected chi connectivity index (χ4v) is 2.86. The summed E-state index contributed by atoms with van der Waals surface area (Å²) in [6, 6.07) is 0. The van der Waals surface area contributed by atoms with Gasteiger partial charge in [-0.15, -0.1) is 0 Å². The molecule has 0 bridgehead atoms. The molecule has 0 aromatic heterocycles. The molecule has 3 nitrogen and oxygen atoms in total. The standard InChI is InChI=1S/C14H26N2OS/c1-2-3-9-12(17)16-14(13(15)18)10-7-5-4-6-8-11-14/h2-11H2,1H3,(H2,15,18)(H,16,17). The van der Waals surface area contributed by atoms with E-state index in [-0.39, 0.29) is 5.91 Å². The van der Waals surface area contributed by atoms with Crippen LogP contribution in [0.2, 0.25) is 0 Å². The van der Waals surface area contributed by atoms with E-state index in [1.54, 1.807) is 0 Å². The summed E-state index contributed by atoms with van der Waals surface area (Å²) in [5.74, 6) is 0.102. The molecule has 0 radical (unpaired) electrons. The van der Waals surface area contributed by atoms with Crippen LogP contribution in [0.15, 0.2) is 0 Å². The summed E-state index contributed by atoms with van der Waals surface area (Å²) >= 11 is 5.23. The highest BCUT2D eigenvalue weighted by Gasteiger charge is 2.34. The van der Waals surface area contributed by atoms with E-state index in [1.165, 1.54) is 19.3 Å². The second-order valence-electron chi connectivity index (χ2n) is 5.37. The Morgan fingerprint density at radius 2 is 1.78 bits per heavy atom. The van der Waals surface area contributed by atoms with Crippen LogP contribution in [0.5, 0.6) is 0 Å². The molecule has 1 fully saturated rings. The van der Waals surface area contributed by atoms with Crippen molar-refractivity contribution in [3.8, 4) is 0 Å². The number of thiocarbonyl (C=S) groups is 1. The summed E-state index contributed by atoms with van der Waals surface area (Å²) < 4.78 is 0. The lowest BCUT2D eigenvalue weighted by Gasteiger charge is -2.35. The van der Waals surface area contributed by atoms with Crippen LogP contribution in [0.25, 0.3) is 0 Å². The molecule has 1 rings (SSSR count). The van der Waals surface area contributed by atoms with E-state index in [0.717, 1.165) is 38.5 Å². The van der Waals surface area contributed by atoms with Crippen LogP contribution in [-0.4, -0.2) is 16.4 Å². The zero-order chi connectivity index (χ0) is 13.4. The minimum atomic E-state index is -0.416. The Morgan fingerprint density at radius 1 is 1.22 bits per heavy atom. The van der Waals surface area contributed by atoms with E-state index in [0.29, 0.717) is 11.4 Å². The monoisotopic (exact) mass is 270 g/mol. The summed E-state index contributed by atoms with van der Waals surface area (Å²) in [6.45, 7) is 2.09. The van der Waals surface area contributed by atoms with Crippen molar-refractivity contribution in [1.29, 1.82) is 0 Å². The third-order valence-corrected chi connectivity index (χ3v) is 4.21. The Bertz CT molecular complexity index is 284. The molecule has 1 saturated carbocycles. The molecule has 104 valence electrons. The molecule has 0 aliphatic heterocycles. The van der Waals surface area contributed by atoms with Gasteiger partial charge >= 0.3 is 0 Å². The number of hydrogen-bond acceptors (Lipinski definition) is 2. The highest BCUT2D eigenvalue weighted by Crippen LogP contribution is 2.27. The van der Waals surface area contributed by atoms with Crippen molar-refractivity contribution in [2.45, 2.75) is 76.7 Å². The summed E-state index contributed by atoms with van der Waals surface area (Å²) in [5.41, 5.74) is 5.50. The van der Waals surface area contributed by atoms with E-state index >= 15 is 0 Å². The number of nitrogens with one attached hydrogen (secondary N) is 1. The van der Waals surface area contributed by atoms with Crippen LogP contribution < -0.4 is 11.1 Å². The van der Waals surface area contributed by atoms with Crippen LogP contribution in [0, 0.1) is 0 Å². The predicted molar refractivity (Wildman–Crippen MR) is 79.5 cm³/mol. The summed E-state index contributed by atoms with van der Waals surface area (Å²) in [7, 11) is 0. The summed E-state index contributed by atoms with van der Waals surface area (Å²) in [5, 5.41) is 3.13. The SMILES string of the molecule is CCCCC(=O)NC1(C(N)=S)CCCCCCC1. The molecule has 3 N–H and O–H groups in total. The Labute approximate surface area is 116 Å². The molecule has 0 aromatic rings. The normalized spacial score (nSPS) is 19.6. The van der Waals surface area contributed by atoms with Gasteiger partial charge in [-0.05, 0) is 19.3 Å². The van der Waals surface area contributed by atoms with Gasteiger partial charge in [-0.2, -0.15) is 0 Å². The number of rotatable bonds is 5. The number of unbranched alkanes of at least 4 members (excludes halogenated alkanes) is 1. The fourth-order valence-electron chi connectivity index (χ4n) is 2.61.